The van der Waals surface area contributed by atoms with Crippen LogP contribution in [0.4, 0.5) is 0 Å². The van der Waals surface area contributed by atoms with E-state index in [1.54, 1.807) is 11.6 Å². The molecule has 4 nitrogen and oxygen atoms in total. The number of hydrogen-bond acceptors (Lipinski definition) is 5. The number of esters is 1. The van der Waals surface area contributed by atoms with Gasteiger partial charge >= 0.3 is 5.97 Å². The number of thiazole rings is 1. The van der Waals surface area contributed by atoms with E-state index in [4.69, 9.17) is 4.74 Å². The van der Waals surface area contributed by atoms with E-state index in [1.807, 2.05) is 48.5 Å². The second-order valence-corrected chi connectivity index (χ2v) is 9.09. The van der Waals surface area contributed by atoms with Crippen molar-refractivity contribution in [1.29, 1.82) is 5.26 Å². The number of allylic oxidation sites excluding steroid dienone is 1. The van der Waals surface area contributed by atoms with Crippen LogP contribution in [0.3, 0.4) is 0 Å². The Bertz CT molecular complexity index is 1460. The Labute approximate surface area is 202 Å². The van der Waals surface area contributed by atoms with Gasteiger partial charge in [0.1, 0.15) is 11.8 Å². The largest absolute Gasteiger partial charge is 0.423 e. The molecular formula is C29H22N2O2S. The lowest BCUT2D eigenvalue weighted by Crippen LogP contribution is -2.16. The molecule has 0 unspecified atom stereocenters. The van der Waals surface area contributed by atoms with E-state index in [9.17, 15) is 10.1 Å². The first-order valence-electron chi connectivity index (χ1n) is 11.2. The number of ether oxygens (including phenoxy) is 1. The van der Waals surface area contributed by atoms with Crippen LogP contribution in [-0.2, 0) is 4.79 Å². The Hall–Kier alpha value is -4.01. The summed E-state index contributed by atoms with van der Waals surface area (Å²) in [7, 11) is 0. The maximum absolute atomic E-state index is 12.2. The highest BCUT2D eigenvalue weighted by Crippen LogP contribution is 2.47. The lowest BCUT2D eigenvalue weighted by Gasteiger charge is -2.32. The highest BCUT2D eigenvalue weighted by molar-refractivity contribution is 7.16. The number of para-hydroxylation sites is 1. The standard InChI is InChI=1S/C29H22N2O2S/c1-2-26(32)33-24-14-7-6-13-22(24)28(21-15-16-25-29(23(21)17-30)31-18-34-25)27(20-11-8-12-20)19-9-4-3-5-10-19/h2-7,9-10,13-16,18,20H,1,8,11-12H2/b28-27+. The van der Waals surface area contributed by atoms with Gasteiger partial charge < -0.3 is 4.74 Å². The van der Waals surface area contributed by atoms with Crippen molar-refractivity contribution in [2.24, 2.45) is 5.92 Å². The van der Waals surface area contributed by atoms with Gasteiger partial charge in [-0.25, -0.2) is 9.78 Å². The van der Waals surface area contributed by atoms with E-state index in [0.717, 1.165) is 52.3 Å². The highest BCUT2D eigenvalue weighted by Gasteiger charge is 2.30. The third kappa shape index (κ3) is 3.93. The first-order valence-corrected chi connectivity index (χ1v) is 12.1. The van der Waals surface area contributed by atoms with Gasteiger partial charge in [-0.05, 0) is 47.6 Å². The van der Waals surface area contributed by atoms with Crippen LogP contribution in [0.15, 0.2) is 84.9 Å². The predicted octanol–water partition coefficient (Wildman–Crippen LogP) is 7.02. The zero-order valence-corrected chi connectivity index (χ0v) is 19.3. The molecule has 0 spiro atoms. The summed E-state index contributed by atoms with van der Waals surface area (Å²) in [6.07, 6.45) is 4.47. The topological polar surface area (TPSA) is 63.0 Å². The number of benzene rings is 3. The summed E-state index contributed by atoms with van der Waals surface area (Å²) in [5, 5.41) is 10.2. The van der Waals surface area contributed by atoms with Crippen molar-refractivity contribution >= 4 is 38.7 Å². The average Bonchev–Trinajstić information content (AvgIpc) is 3.32. The molecule has 5 rings (SSSR count). The van der Waals surface area contributed by atoms with E-state index in [2.05, 4.69) is 29.8 Å². The number of rotatable bonds is 6. The molecule has 0 radical (unpaired) electrons. The molecule has 0 saturated heterocycles. The molecular weight excluding hydrogens is 440 g/mol. The first kappa shape index (κ1) is 21.8. The molecule has 0 bridgehead atoms. The number of nitriles is 1. The van der Waals surface area contributed by atoms with Crippen LogP contribution < -0.4 is 4.74 Å². The number of aromatic nitrogens is 1. The summed E-state index contributed by atoms with van der Waals surface area (Å²) in [6, 6.07) is 24.2. The van der Waals surface area contributed by atoms with Crippen molar-refractivity contribution in [3.05, 3.63) is 107 Å². The summed E-state index contributed by atoms with van der Waals surface area (Å²) in [5.41, 5.74) is 7.76. The molecule has 0 amide bonds. The Balaban J connectivity index is 1.88. The van der Waals surface area contributed by atoms with Crippen LogP contribution in [0.25, 0.3) is 21.4 Å². The fourth-order valence-corrected chi connectivity index (χ4v) is 5.18. The Morgan fingerprint density at radius 2 is 1.82 bits per heavy atom. The molecule has 3 aromatic carbocycles. The molecule has 1 saturated carbocycles. The average molecular weight is 463 g/mol. The van der Waals surface area contributed by atoms with E-state index in [1.165, 1.54) is 16.9 Å². The van der Waals surface area contributed by atoms with Gasteiger partial charge in [0.15, 0.2) is 0 Å². The Kier molecular flexibility index (Phi) is 6.07. The monoisotopic (exact) mass is 462 g/mol. The smallest absolute Gasteiger partial charge is 0.335 e. The third-order valence-electron chi connectivity index (χ3n) is 6.28. The minimum Gasteiger partial charge on any atom is -0.423 e. The van der Waals surface area contributed by atoms with Crippen LogP contribution >= 0.6 is 11.3 Å². The van der Waals surface area contributed by atoms with Gasteiger partial charge in [0.05, 0.1) is 21.3 Å². The van der Waals surface area contributed by atoms with Crippen molar-refractivity contribution in [2.45, 2.75) is 19.3 Å². The number of carbonyl (C=O) groups excluding carboxylic acids is 1. The number of fused-ring (bicyclic) bond motifs is 1. The lowest BCUT2D eigenvalue weighted by molar-refractivity contribution is -0.128. The molecule has 1 aromatic heterocycles. The number of nitrogens with zero attached hydrogens (tertiary/aromatic N) is 2. The lowest BCUT2D eigenvalue weighted by atomic mass is 9.72. The second kappa shape index (κ2) is 9.46. The highest BCUT2D eigenvalue weighted by atomic mass is 32.1. The van der Waals surface area contributed by atoms with Gasteiger partial charge in [-0.3, -0.25) is 0 Å². The van der Waals surface area contributed by atoms with E-state index >= 15 is 0 Å². The van der Waals surface area contributed by atoms with Crippen LogP contribution in [0.1, 0.15) is 41.5 Å². The Morgan fingerprint density at radius 1 is 1.06 bits per heavy atom. The predicted molar refractivity (Wildman–Crippen MR) is 136 cm³/mol. The molecule has 1 heterocycles. The van der Waals surface area contributed by atoms with E-state index in [-0.39, 0.29) is 0 Å². The van der Waals surface area contributed by atoms with Crippen molar-refractivity contribution in [3.8, 4) is 11.8 Å². The fraction of sp³-hybridized carbons (Fsp3) is 0.138. The van der Waals surface area contributed by atoms with Gasteiger partial charge in [-0.2, -0.15) is 5.26 Å². The van der Waals surface area contributed by atoms with Crippen molar-refractivity contribution in [3.63, 3.8) is 0 Å². The summed E-state index contributed by atoms with van der Waals surface area (Å²) in [4.78, 5) is 16.7. The molecule has 1 aliphatic rings. The maximum Gasteiger partial charge on any atom is 0.335 e. The molecule has 0 N–H and O–H groups in total. The number of carbonyl (C=O) groups is 1. The van der Waals surface area contributed by atoms with Crippen molar-refractivity contribution < 1.29 is 9.53 Å². The van der Waals surface area contributed by atoms with E-state index < -0.39 is 5.97 Å². The summed E-state index contributed by atoms with van der Waals surface area (Å²) in [5.74, 6) is 0.267. The molecule has 34 heavy (non-hydrogen) atoms. The molecule has 5 heteroatoms. The zero-order valence-electron chi connectivity index (χ0n) is 18.5. The van der Waals surface area contributed by atoms with E-state index in [0.29, 0.717) is 22.7 Å². The fourth-order valence-electron chi connectivity index (χ4n) is 4.50. The molecule has 1 aliphatic carbocycles. The van der Waals surface area contributed by atoms with Gasteiger partial charge in [0.2, 0.25) is 0 Å². The molecule has 4 aromatic rings. The van der Waals surface area contributed by atoms with Crippen LogP contribution in [0, 0.1) is 17.2 Å². The zero-order chi connectivity index (χ0) is 23.5. The van der Waals surface area contributed by atoms with Crippen LogP contribution in [0.5, 0.6) is 5.75 Å². The quantitative estimate of drug-likeness (QED) is 0.134. The van der Waals surface area contributed by atoms with Crippen molar-refractivity contribution in [1.82, 2.24) is 4.98 Å². The summed E-state index contributed by atoms with van der Waals surface area (Å²) >= 11 is 1.52. The van der Waals surface area contributed by atoms with Gasteiger partial charge in [-0.15, -0.1) is 11.3 Å². The van der Waals surface area contributed by atoms with Gasteiger partial charge in [-0.1, -0.05) is 67.6 Å². The molecule has 1 fully saturated rings. The molecule has 0 aliphatic heterocycles. The minimum atomic E-state index is -0.521. The van der Waals surface area contributed by atoms with Gasteiger partial charge in [0.25, 0.3) is 0 Å². The Morgan fingerprint density at radius 3 is 2.53 bits per heavy atom. The molecule has 166 valence electrons. The summed E-state index contributed by atoms with van der Waals surface area (Å²) < 4.78 is 6.64. The summed E-state index contributed by atoms with van der Waals surface area (Å²) in [6.45, 7) is 3.54. The third-order valence-corrected chi connectivity index (χ3v) is 7.08. The van der Waals surface area contributed by atoms with Crippen LogP contribution in [-0.4, -0.2) is 11.0 Å². The van der Waals surface area contributed by atoms with Crippen LogP contribution in [0.2, 0.25) is 0 Å². The second-order valence-electron chi connectivity index (χ2n) is 8.20. The SMILES string of the molecule is C=CC(=O)Oc1ccccc1/C(=C(\c1ccccc1)C1CCC1)c1ccc2scnc2c1C#N. The minimum absolute atomic E-state index is 0.346. The van der Waals surface area contributed by atoms with Crippen molar-refractivity contribution in [2.75, 3.05) is 0 Å². The first-order chi connectivity index (χ1) is 16.7. The normalized spacial score (nSPS) is 14.1. The maximum atomic E-state index is 12.2. The number of hydrogen-bond donors (Lipinski definition) is 0. The van der Waals surface area contributed by atoms with Gasteiger partial charge in [0, 0.05) is 17.2 Å². The molecule has 0 atom stereocenters.